The first kappa shape index (κ1) is 12.8. The van der Waals surface area contributed by atoms with E-state index < -0.39 is 12.0 Å². The molecule has 1 rings (SSSR count). The molecule has 0 aliphatic carbocycles. The van der Waals surface area contributed by atoms with Crippen LogP contribution in [0.4, 0.5) is 10.5 Å². The fourth-order valence-electron chi connectivity index (χ4n) is 1.26. The summed E-state index contributed by atoms with van der Waals surface area (Å²) in [6.07, 6.45) is 0. The molecular weight excluding hydrogens is 224 g/mol. The highest BCUT2D eigenvalue weighted by atomic mass is 16.5. The topological polar surface area (TPSA) is 87.7 Å². The van der Waals surface area contributed by atoms with Crippen LogP contribution in [0.5, 0.6) is 5.75 Å². The van der Waals surface area contributed by atoms with Gasteiger partial charge in [0, 0.05) is 6.54 Å². The minimum Gasteiger partial charge on any atom is -0.497 e. The third-order valence-electron chi connectivity index (χ3n) is 2.04. The number of carbonyl (C=O) groups is 2. The van der Waals surface area contributed by atoms with Gasteiger partial charge in [0.1, 0.15) is 5.75 Å². The van der Waals surface area contributed by atoms with Crippen LogP contribution in [0.1, 0.15) is 17.3 Å². The molecule has 17 heavy (non-hydrogen) atoms. The molecule has 0 saturated carbocycles. The van der Waals surface area contributed by atoms with Crippen LogP contribution < -0.4 is 15.4 Å². The molecule has 0 unspecified atom stereocenters. The van der Waals surface area contributed by atoms with Crippen LogP contribution in [0, 0.1) is 0 Å². The molecule has 0 bridgehead atoms. The number of rotatable bonds is 4. The number of methoxy groups -OCH3 is 1. The van der Waals surface area contributed by atoms with Gasteiger partial charge in [-0.05, 0) is 25.1 Å². The van der Waals surface area contributed by atoms with Gasteiger partial charge >= 0.3 is 12.0 Å². The summed E-state index contributed by atoms with van der Waals surface area (Å²) >= 11 is 0. The van der Waals surface area contributed by atoms with Gasteiger partial charge in [-0.15, -0.1) is 0 Å². The van der Waals surface area contributed by atoms with Crippen LogP contribution in [0.15, 0.2) is 18.2 Å². The van der Waals surface area contributed by atoms with Crippen molar-refractivity contribution in [2.75, 3.05) is 19.0 Å². The highest BCUT2D eigenvalue weighted by Crippen LogP contribution is 2.21. The van der Waals surface area contributed by atoms with E-state index >= 15 is 0 Å². The molecule has 0 saturated heterocycles. The number of carbonyl (C=O) groups excluding carboxylic acids is 1. The number of benzene rings is 1. The highest BCUT2D eigenvalue weighted by molar-refractivity contribution is 6.00. The zero-order valence-electron chi connectivity index (χ0n) is 9.61. The van der Waals surface area contributed by atoms with E-state index in [1.54, 1.807) is 13.0 Å². The number of ether oxygens (including phenoxy) is 1. The van der Waals surface area contributed by atoms with E-state index in [1.807, 2.05) is 0 Å². The third kappa shape index (κ3) is 3.37. The van der Waals surface area contributed by atoms with E-state index in [-0.39, 0.29) is 11.3 Å². The Labute approximate surface area is 98.6 Å². The smallest absolute Gasteiger partial charge is 0.337 e. The van der Waals surface area contributed by atoms with E-state index in [1.165, 1.54) is 19.2 Å². The summed E-state index contributed by atoms with van der Waals surface area (Å²) in [6, 6.07) is 3.97. The van der Waals surface area contributed by atoms with Crippen LogP contribution in [0.3, 0.4) is 0 Å². The second-order valence-corrected chi connectivity index (χ2v) is 3.20. The van der Waals surface area contributed by atoms with E-state index in [0.717, 1.165) is 0 Å². The molecule has 92 valence electrons. The van der Waals surface area contributed by atoms with Crippen LogP contribution in [-0.2, 0) is 0 Å². The average molecular weight is 238 g/mol. The lowest BCUT2D eigenvalue weighted by Crippen LogP contribution is -2.28. The number of anilines is 1. The van der Waals surface area contributed by atoms with Crippen molar-refractivity contribution in [2.45, 2.75) is 6.92 Å². The van der Waals surface area contributed by atoms with E-state index in [4.69, 9.17) is 9.84 Å². The number of nitrogens with one attached hydrogen (secondary N) is 2. The first-order chi connectivity index (χ1) is 8.08. The molecule has 2 amide bonds. The van der Waals surface area contributed by atoms with Gasteiger partial charge in [0.25, 0.3) is 0 Å². The largest absolute Gasteiger partial charge is 0.497 e. The Kier molecular flexibility index (Phi) is 4.33. The fourth-order valence-corrected chi connectivity index (χ4v) is 1.26. The molecule has 6 nitrogen and oxygen atoms in total. The maximum Gasteiger partial charge on any atom is 0.337 e. The van der Waals surface area contributed by atoms with Gasteiger partial charge in [0.05, 0.1) is 18.4 Å². The third-order valence-corrected chi connectivity index (χ3v) is 2.04. The zero-order chi connectivity index (χ0) is 12.8. The molecule has 0 aromatic heterocycles. The standard InChI is InChI=1S/C11H14N2O4/c1-3-12-11(16)13-9-5-4-7(17-2)6-8(9)10(14)15/h4-6H,3H2,1-2H3,(H,14,15)(H2,12,13,16). The van der Waals surface area contributed by atoms with Crippen molar-refractivity contribution in [3.8, 4) is 5.75 Å². The van der Waals surface area contributed by atoms with Crippen molar-refractivity contribution in [3.63, 3.8) is 0 Å². The molecule has 0 heterocycles. The molecule has 0 aliphatic rings. The van der Waals surface area contributed by atoms with Gasteiger partial charge < -0.3 is 20.5 Å². The van der Waals surface area contributed by atoms with Crippen molar-refractivity contribution < 1.29 is 19.4 Å². The summed E-state index contributed by atoms with van der Waals surface area (Å²) in [6.45, 7) is 2.23. The maximum absolute atomic E-state index is 11.3. The van der Waals surface area contributed by atoms with Gasteiger partial charge in [-0.3, -0.25) is 0 Å². The van der Waals surface area contributed by atoms with Crippen molar-refractivity contribution in [3.05, 3.63) is 23.8 Å². The van der Waals surface area contributed by atoms with E-state index in [9.17, 15) is 9.59 Å². The molecule has 0 atom stereocenters. The molecule has 1 aromatic carbocycles. The van der Waals surface area contributed by atoms with E-state index in [0.29, 0.717) is 12.3 Å². The van der Waals surface area contributed by atoms with Crippen LogP contribution in [0.2, 0.25) is 0 Å². The lowest BCUT2D eigenvalue weighted by molar-refractivity contribution is 0.0697. The van der Waals surface area contributed by atoms with Gasteiger partial charge in [0.15, 0.2) is 0 Å². The SMILES string of the molecule is CCNC(=O)Nc1ccc(OC)cc1C(=O)O. The van der Waals surface area contributed by atoms with Crippen molar-refractivity contribution in [2.24, 2.45) is 0 Å². The van der Waals surface area contributed by atoms with Crippen molar-refractivity contribution >= 4 is 17.7 Å². The number of hydrogen-bond donors (Lipinski definition) is 3. The van der Waals surface area contributed by atoms with Crippen LogP contribution in [0.25, 0.3) is 0 Å². The number of urea groups is 1. The first-order valence-electron chi connectivity index (χ1n) is 5.04. The zero-order valence-corrected chi connectivity index (χ0v) is 9.61. The normalized spacial score (nSPS) is 9.53. The van der Waals surface area contributed by atoms with Gasteiger partial charge in [-0.1, -0.05) is 0 Å². The molecule has 0 fully saturated rings. The summed E-state index contributed by atoms with van der Waals surface area (Å²) in [5.41, 5.74) is 0.208. The Morgan fingerprint density at radius 3 is 2.65 bits per heavy atom. The quantitative estimate of drug-likeness (QED) is 0.742. The first-order valence-corrected chi connectivity index (χ1v) is 5.04. The monoisotopic (exact) mass is 238 g/mol. The fraction of sp³-hybridized carbons (Fsp3) is 0.273. The molecule has 0 spiro atoms. The highest BCUT2D eigenvalue weighted by Gasteiger charge is 2.13. The predicted octanol–water partition coefficient (Wildman–Crippen LogP) is 1.53. The predicted molar refractivity (Wildman–Crippen MR) is 62.6 cm³/mol. The number of carboxylic acid groups (broad SMARTS) is 1. The molecule has 3 N–H and O–H groups in total. The molecule has 0 aliphatic heterocycles. The molecule has 6 heteroatoms. The Hall–Kier alpha value is -2.24. The second kappa shape index (κ2) is 5.74. The molecule has 0 radical (unpaired) electrons. The summed E-state index contributed by atoms with van der Waals surface area (Å²) < 4.78 is 4.92. The van der Waals surface area contributed by atoms with Crippen LogP contribution >= 0.6 is 0 Å². The maximum atomic E-state index is 11.3. The summed E-state index contributed by atoms with van der Waals surface area (Å²) in [5.74, 6) is -0.709. The number of amides is 2. The van der Waals surface area contributed by atoms with Gasteiger partial charge in [-0.2, -0.15) is 0 Å². The van der Waals surface area contributed by atoms with E-state index in [2.05, 4.69) is 10.6 Å². The molecular formula is C11H14N2O4. The Balaban J connectivity index is 2.98. The van der Waals surface area contributed by atoms with Gasteiger partial charge in [-0.25, -0.2) is 9.59 Å². The lowest BCUT2D eigenvalue weighted by Gasteiger charge is -2.10. The van der Waals surface area contributed by atoms with Gasteiger partial charge in [0.2, 0.25) is 0 Å². The summed E-state index contributed by atoms with van der Waals surface area (Å²) in [4.78, 5) is 22.3. The number of hydrogen-bond acceptors (Lipinski definition) is 3. The van der Waals surface area contributed by atoms with Crippen molar-refractivity contribution in [1.29, 1.82) is 0 Å². The second-order valence-electron chi connectivity index (χ2n) is 3.20. The number of aromatic carboxylic acids is 1. The Morgan fingerprint density at radius 1 is 1.41 bits per heavy atom. The summed E-state index contributed by atoms with van der Waals surface area (Å²) in [7, 11) is 1.44. The lowest BCUT2D eigenvalue weighted by atomic mass is 10.1. The Morgan fingerprint density at radius 2 is 2.12 bits per heavy atom. The van der Waals surface area contributed by atoms with Crippen molar-refractivity contribution in [1.82, 2.24) is 5.32 Å². The average Bonchev–Trinajstić information content (AvgIpc) is 2.29. The minimum atomic E-state index is -1.13. The molecule has 1 aromatic rings. The minimum absolute atomic E-state index is 0.0180. The van der Waals surface area contributed by atoms with Crippen LogP contribution in [-0.4, -0.2) is 30.8 Å². The summed E-state index contributed by atoms with van der Waals surface area (Å²) in [5, 5.41) is 14.0. The Bertz CT molecular complexity index is 431. The number of carboxylic acids is 1.